The number of alkyl halides is 1. The van der Waals surface area contributed by atoms with Gasteiger partial charge in [0, 0.05) is 23.3 Å². The zero-order valence-corrected chi connectivity index (χ0v) is 12.8. The third kappa shape index (κ3) is 2.90. The van der Waals surface area contributed by atoms with Crippen LogP contribution in [-0.2, 0) is 10.0 Å². The SMILES string of the molecule is Cc1ccc(S(=O)(=O)N(CCCl)C2CCCC2)s1. The first-order valence-electron chi connectivity index (χ1n) is 6.20. The number of thiophene rings is 1. The Morgan fingerprint density at radius 2 is 2.06 bits per heavy atom. The van der Waals surface area contributed by atoms with Crippen molar-refractivity contribution < 1.29 is 8.42 Å². The van der Waals surface area contributed by atoms with Crippen molar-refractivity contribution in [1.29, 1.82) is 0 Å². The lowest BCUT2D eigenvalue weighted by Crippen LogP contribution is -2.39. The van der Waals surface area contributed by atoms with Crippen molar-refractivity contribution in [1.82, 2.24) is 4.31 Å². The van der Waals surface area contributed by atoms with E-state index in [1.165, 1.54) is 11.3 Å². The lowest BCUT2D eigenvalue weighted by Gasteiger charge is -2.26. The molecule has 0 bridgehead atoms. The van der Waals surface area contributed by atoms with Crippen molar-refractivity contribution in [2.45, 2.75) is 42.9 Å². The van der Waals surface area contributed by atoms with Gasteiger partial charge in [-0.15, -0.1) is 22.9 Å². The van der Waals surface area contributed by atoms with E-state index in [2.05, 4.69) is 0 Å². The van der Waals surface area contributed by atoms with E-state index in [9.17, 15) is 8.42 Å². The van der Waals surface area contributed by atoms with E-state index < -0.39 is 10.0 Å². The molecule has 0 unspecified atom stereocenters. The second kappa shape index (κ2) is 5.90. The first-order valence-corrected chi connectivity index (χ1v) is 8.99. The monoisotopic (exact) mass is 307 g/mol. The first kappa shape index (κ1) is 14.3. The summed E-state index contributed by atoms with van der Waals surface area (Å²) in [5.41, 5.74) is 0. The summed E-state index contributed by atoms with van der Waals surface area (Å²) in [6, 6.07) is 3.69. The second-order valence-corrected chi connectivity index (χ2v) is 8.39. The summed E-state index contributed by atoms with van der Waals surface area (Å²) >= 11 is 7.11. The van der Waals surface area contributed by atoms with Crippen molar-refractivity contribution >= 4 is 33.0 Å². The normalized spacial score (nSPS) is 17.7. The smallest absolute Gasteiger partial charge is 0.206 e. The van der Waals surface area contributed by atoms with Crippen LogP contribution in [0.5, 0.6) is 0 Å². The Morgan fingerprint density at radius 3 is 2.56 bits per heavy atom. The van der Waals surface area contributed by atoms with Gasteiger partial charge in [0.25, 0.3) is 10.0 Å². The fraction of sp³-hybridized carbons (Fsp3) is 0.667. The highest BCUT2D eigenvalue weighted by Gasteiger charge is 2.33. The Morgan fingerprint density at radius 1 is 1.39 bits per heavy atom. The summed E-state index contributed by atoms with van der Waals surface area (Å²) in [5.74, 6) is 0.347. The molecule has 102 valence electrons. The number of hydrogen-bond acceptors (Lipinski definition) is 3. The van der Waals surface area contributed by atoms with Gasteiger partial charge in [-0.05, 0) is 31.9 Å². The minimum Gasteiger partial charge on any atom is -0.206 e. The molecular formula is C12H18ClNO2S2. The van der Waals surface area contributed by atoms with Gasteiger partial charge in [-0.1, -0.05) is 12.8 Å². The molecule has 0 N–H and O–H groups in total. The van der Waals surface area contributed by atoms with Crippen LogP contribution in [0, 0.1) is 6.92 Å². The molecule has 0 radical (unpaired) electrons. The summed E-state index contributed by atoms with van der Waals surface area (Å²) in [7, 11) is -3.36. The maximum Gasteiger partial charge on any atom is 0.252 e. The Labute approximate surface area is 118 Å². The van der Waals surface area contributed by atoms with Gasteiger partial charge >= 0.3 is 0 Å². The molecule has 1 aliphatic carbocycles. The molecule has 0 aromatic carbocycles. The number of nitrogens with zero attached hydrogens (tertiary/aromatic N) is 1. The fourth-order valence-corrected chi connectivity index (χ4v) is 5.82. The quantitative estimate of drug-likeness (QED) is 0.783. The van der Waals surface area contributed by atoms with Gasteiger partial charge in [-0.2, -0.15) is 4.31 Å². The number of halogens is 1. The van der Waals surface area contributed by atoms with Crippen molar-refractivity contribution in [2.24, 2.45) is 0 Å². The summed E-state index contributed by atoms with van der Waals surface area (Å²) in [6.07, 6.45) is 4.14. The summed E-state index contributed by atoms with van der Waals surface area (Å²) in [5, 5.41) is 0. The maximum absolute atomic E-state index is 12.6. The summed E-state index contributed by atoms with van der Waals surface area (Å²) < 4.78 is 27.3. The molecule has 18 heavy (non-hydrogen) atoms. The first-order chi connectivity index (χ1) is 8.55. The molecular weight excluding hydrogens is 290 g/mol. The highest BCUT2D eigenvalue weighted by atomic mass is 35.5. The second-order valence-electron chi connectivity index (χ2n) is 4.61. The Hall–Kier alpha value is -0.100. The predicted molar refractivity (Wildman–Crippen MR) is 75.9 cm³/mol. The Kier molecular flexibility index (Phi) is 4.69. The molecule has 1 aromatic heterocycles. The molecule has 0 saturated heterocycles. The lowest BCUT2D eigenvalue weighted by atomic mass is 10.2. The maximum atomic E-state index is 12.6. The molecule has 1 heterocycles. The van der Waals surface area contributed by atoms with Gasteiger partial charge in [0.1, 0.15) is 4.21 Å². The number of aryl methyl sites for hydroxylation is 1. The van der Waals surface area contributed by atoms with E-state index in [1.807, 2.05) is 13.0 Å². The minimum absolute atomic E-state index is 0.135. The molecule has 0 amide bonds. The third-order valence-corrected chi connectivity index (χ3v) is 6.90. The van der Waals surface area contributed by atoms with E-state index in [0.717, 1.165) is 30.6 Å². The van der Waals surface area contributed by atoms with E-state index in [4.69, 9.17) is 11.6 Å². The van der Waals surface area contributed by atoms with Crippen molar-refractivity contribution in [3.05, 3.63) is 17.0 Å². The van der Waals surface area contributed by atoms with Crippen LogP contribution in [0.1, 0.15) is 30.6 Å². The van der Waals surface area contributed by atoms with Crippen LogP contribution in [0.4, 0.5) is 0 Å². The zero-order chi connectivity index (χ0) is 13.2. The van der Waals surface area contributed by atoms with Gasteiger partial charge in [0.2, 0.25) is 0 Å². The average molecular weight is 308 g/mol. The fourth-order valence-electron chi connectivity index (χ4n) is 2.44. The molecule has 1 aliphatic rings. The van der Waals surface area contributed by atoms with Gasteiger partial charge in [0.15, 0.2) is 0 Å². The van der Waals surface area contributed by atoms with Crippen LogP contribution >= 0.6 is 22.9 Å². The molecule has 2 rings (SSSR count). The molecule has 0 aliphatic heterocycles. The average Bonchev–Trinajstić information content (AvgIpc) is 2.96. The van der Waals surface area contributed by atoms with E-state index in [1.54, 1.807) is 10.4 Å². The molecule has 1 saturated carbocycles. The molecule has 1 fully saturated rings. The minimum atomic E-state index is -3.36. The van der Waals surface area contributed by atoms with Crippen molar-refractivity contribution in [3.8, 4) is 0 Å². The van der Waals surface area contributed by atoms with Crippen LogP contribution in [0.25, 0.3) is 0 Å². The molecule has 6 heteroatoms. The highest BCUT2D eigenvalue weighted by Crippen LogP contribution is 2.31. The lowest BCUT2D eigenvalue weighted by molar-refractivity contribution is 0.337. The summed E-state index contributed by atoms with van der Waals surface area (Å²) in [4.78, 5) is 1.02. The van der Waals surface area contributed by atoms with Crippen LogP contribution in [0.3, 0.4) is 0 Å². The molecule has 0 spiro atoms. The highest BCUT2D eigenvalue weighted by molar-refractivity contribution is 7.91. The van der Waals surface area contributed by atoms with Gasteiger partial charge in [0.05, 0.1) is 0 Å². The van der Waals surface area contributed by atoms with E-state index in [-0.39, 0.29) is 6.04 Å². The van der Waals surface area contributed by atoms with Crippen molar-refractivity contribution in [2.75, 3.05) is 12.4 Å². The molecule has 1 aromatic rings. The standard InChI is InChI=1S/C12H18ClNO2S2/c1-10-6-7-12(17-10)18(15,16)14(9-8-13)11-4-2-3-5-11/h6-7,11H,2-5,8-9H2,1H3. The van der Waals surface area contributed by atoms with E-state index in [0.29, 0.717) is 16.6 Å². The largest absolute Gasteiger partial charge is 0.252 e. The van der Waals surface area contributed by atoms with Crippen LogP contribution in [-0.4, -0.2) is 31.2 Å². The van der Waals surface area contributed by atoms with Crippen LogP contribution in [0.15, 0.2) is 16.3 Å². The summed E-state index contributed by atoms with van der Waals surface area (Å²) in [6.45, 7) is 2.33. The van der Waals surface area contributed by atoms with Crippen LogP contribution < -0.4 is 0 Å². The van der Waals surface area contributed by atoms with Crippen LogP contribution in [0.2, 0.25) is 0 Å². The Bertz CT molecular complexity index is 492. The van der Waals surface area contributed by atoms with Gasteiger partial charge in [-0.25, -0.2) is 8.42 Å². The number of hydrogen-bond donors (Lipinski definition) is 0. The van der Waals surface area contributed by atoms with E-state index >= 15 is 0 Å². The number of rotatable bonds is 5. The topological polar surface area (TPSA) is 37.4 Å². The predicted octanol–water partition coefficient (Wildman–Crippen LogP) is 3.23. The Balaban J connectivity index is 2.28. The third-order valence-electron chi connectivity index (χ3n) is 3.32. The van der Waals surface area contributed by atoms with Crippen molar-refractivity contribution in [3.63, 3.8) is 0 Å². The number of sulfonamides is 1. The van der Waals surface area contributed by atoms with Gasteiger partial charge in [-0.3, -0.25) is 0 Å². The molecule has 0 atom stereocenters. The molecule has 3 nitrogen and oxygen atoms in total. The zero-order valence-electron chi connectivity index (χ0n) is 10.4. The van der Waals surface area contributed by atoms with Gasteiger partial charge < -0.3 is 0 Å².